The first-order valence-electron chi connectivity index (χ1n) is 6.72. The second kappa shape index (κ2) is 5.66. The van der Waals surface area contributed by atoms with E-state index < -0.39 is 5.97 Å². The zero-order valence-corrected chi connectivity index (χ0v) is 12.6. The lowest BCUT2D eigenvalue weighted by molar-refractivity contribution is 0.0698. The number of hydrogen-bond donors (Lipinski definition) is 1. The van der Waals surface area contributed by atoms with E-state index in [4.69, 9.17) is 11.6 Å². The second-order valence-electron chi connectivity index (χ2n) is 4.93. The van der Waals surface area contributed by atoms with Crippen LogP contribution in [0.15, 0.2) is 54.6 Å². The van der Waals surface area contributed by atoms with Crippen molar-refractivity contribution < 1.29 is 9.90 Å². The first kappa shape index (κ1) is 14.4. The number of nitrogens with zero attached hydrogens (tertiary/aromatic N) is 2. The molecular formula is C17H13ClN2O2. The highest BCUT2D eigenvalue weighted by molar-refractivity contribution is 6.33. The highest BCUT2D eigenvalue weighted by Crippen LogP contribution is 2.30. The van der Waals surface area contributed by atoms with E-state index in [2.05, 4.69) is 5.10 Å². The fraction of sp³-hybridized carbons (Fsp3) is 0.0588. The monoisotopic (exact) mass is 312 g/mol. The third kappa shape index (κ3) is 2.49. The average Bonchev–Trinajstić information content (AvgIpc) is 2.87. The van der Waals surface area contributed by atoms with Gasteiger partial charge >= 0.3 is 5.97 Å². The van der Waals surface area contributed by atoms with Crippen molar-refractivity contribution in [2.24, 2.45) is 0 Å². The summed E-state index contributed by atoms with van der Waals surface area (Å²) in [5.41, 5.74) is 2.91. The summed E-state index contributed by atoms with van der Waals surface area (Å²) < 4.78 is 1.45. The number of carboxylic acid groups (broad SMARTS) is 1. The van der Waals surface area contributed by atoms with Crippen molar-refractivity contribution in [2.45, 2.75) is 6.92 Å². The Hall–Kier alpha value is -2.59. The number of aryl methyl sites for hydroxylation is 1. The Morgan fingerprint density at radius 2 is 1.73 bits per heavy atom. The molecule has 0 atom stereocenters. The Bertz CT molecular complexity index is 824. The lowest BCUT2D eigenvalue weighted by Crippen LogP contribution is -1.99. The maximum atomic E-state index is 11.6. The zero-order chi connectivity index (χ0) is 15.7. The molecule has 1 aromatic heterocycles. The molecule has 2 aromatic carbocycles. The van der Waals surface area contributed by atoms with Crippen molar-refractivity contribution in [3.63, 3.8) is 0 Å². The first-order valence-corrected chi connectivity index (χ1v) is 7.10. The quantitative estimate of drug-likeness (QED) is 0.788. The van der Waals surface area contributed by atoms with Crippen LogP contribution in [0.25, 0.3) is 16.9 Å². The van der Waals surface area contributed by atoms with Gasteiger partial charge in [0.25, 0.3) is 0 Å². The molecular weight excluding hydrogens is 300 g/mol. The standard InChI is InChI=1S/C17H13ClN2O2/c1-11-7-9-13(10-8-11)20-16(18)14(17(21)22)15(19-20)12-5-3-2-4-6-12/h2-10H,1H3,(H,21,22). The van der Waals surface area contributed by atoms with E-state index >= 15 is 0 Å². The zero-order valence-electron chi connectivity index (χ0n) is 11.8. The molecule has 0 spiro atoms. The SMILES string of the molecule is Cc1ccc(-n2nc(-c3ccccc3)c(C(=O)O)c2Cl)cc1. The van der Waals surface area contributed by atoms with Gasteiger partial charge < -0.3 is 5.11 Å². The molecule has 0 aliphatic rings. The summed E-state index contributed by atoms with van der Waals surface area (Å²) in [7, 11) is 0. The molecule has 3 aromatic rings. The molecule has 0 aliphatic heterocycles. The average molecular weight is 313 g/mol. The van der Waals surface area contributed by atoms with Gasteiger partial charge in [0.05, 0.1) is 5.69 Å². The van der Waals surface area contributed by atoms with E-state index in [1.807, 2.05) is 61.5 Å². The van der Waals surface area contributed by atoms with Crippen LogP contribution in [0, 0.1) is 6.92 Å². The molecule has 0 bridgehead atoms. The topological polar surface area (TPSA) is 55.1 Å². The fourth-order valence-corrected chi connectivity index (χ4v) is 2.55. The number of aromatic carboxylic acids is 1. The highest BCUT2D eigenvalue weighted by Gasteiger charge is 2.23. The minimum atomic E-state index is -1.10. The summed E-state index contributed by atoms with van der Waals surface area (Å²) >= 11 is 6.27. The van der Waals surface area contributed by atoms with Crippen molar-refractivity contribution in [3.05, 3.63) is 70.9 Å². The van der Waals surface area contributed by atoms with E-state index in [1.165, 1.54) is 4.68 Å². The Labute approximate surface area is 132 Å². The number of rotatable bonds is 3. The summed E-state index contributed by atoms with van der Waals surface area (Å²) in [4.78, 5) is 11.6. The predicted octanol–water partition coefficient (Wildman–Crippen LogP) is 4.20. The van der Waals surface area contributed by atoms with Crippen LogP contribution in [-0.2, 0) is 0 Å². The molecule has 0 saturated heterocycles. The molecule has 1 heterocycles. The molecule has 3 rings (SSSR count). The van der Waals surface area contributed by atoms with Gasteiger partial charge in [-0.05, 0) is 19.1 Å². The van der Waals surface area contributed by atoms with Gasteiger partial charge in [-0.25, -0.2) is 9.48 Å². The minimum absolute atomic E-state index is 0.00782. The van der Waals surface area contributed by atoms with Crippen molar-refractivity contribution in [1.82, 2.24) is 9.78 Å². The predicted molar refractivity (Wildman–Crippen MR) is 85.7 cm³/mol. The molecule has 5 heteroatoms. The lowest BCUT2D eigenvalue weighted by Gasteiger charge is -2.03. The van der Waals surface area contributed by atoms with E-state index in [1.54, 1.807) is 0 Å². The van der Waals surface area contributed by atoms with Crippen molar-refractivity contribution in [3.8, 4) is 16.9 Å². The molecule has 0 saturated carbocycles. The Balaban J connectivity index is 2.22. The normalized spacial score (nSPS) is 10.6. The number of aromatic nitrogens is 2. The van der Waals surface area contributed by atoms with Gasteiger partial charge in [0.2, 0.25) is 0 Å². The molecule has 1 N–H and O–H groups in total. The van der Waals surface area contributed by atoms with Gasteiger partial charge in [-0.2, -0.15) is 5.10 Å². The van der Waals surface area contributed by atoms with Crippen molar-refractivity contribution >= 4 is 17.6 Å². The number of hydrogen-bond acceptors (Lipinski definition) is 2. The summed E-state index contributed by atoms with van der Waals surface area (Å²) in [5, 5.41) is 14.0. The van der Waals surface area contributed by atoms with Crippen LogP contribution in [0.1, 0.15) is 15.9 Å². The maximum absolute atomic E-state index is 11.6. The Kier molecular flexibility index (Phi) is 3.69. The third-order valence-corrected chi connectivity index (χ3v) is 3.72. The van der Waals surface area contributed by atoms with Crippen LogP contribution in [0.3, 0.4) is 0 Å². The lowest BCUT2D eigenvalue weighted by atomic mass is 10.1. The molecule has 4 nitrogen and oxygen atoms in total. The van der Waals surface area contributed by atoms with Crippen molar-refractivity contribution in [2.75, 3.05) is 0 Å². The second-order valence-corrected chi connectivity index (χ2v) is 5.29. The highest BCUT2D eigenvalue weighted by atomic mass is 35.5. The van der Waals surface area contributed by atoms with Crippen LogP contribution in [0.5, 0.6) is 0 Å². The van der Waals surface area contributed by atoms with Crippen LogP contribution in [-0.4, -0.2) is 20.9 Å². The van der Waals surface area contributed by atoms with Gasteiger partial charge in [-0.1, -0.05) is 59.6 Å². The molecule has 22 heavy (non-hydrogen) atoms. The van der Waals surface area contributed by atoms with E-state index in [0.29, 0.717) is 11.3 Å². The maximum Gasteiger partial charge on any atom is 0.341 e. The van der Waals surface area contributed by atoms with E-state index in [-0.39, 0.29) is 10.7 Å². The summed E-state index contributed by atoms with van der Waals surface area (Å²) in [5.74, 6) is -1.10. The first-order chi connectivity index (χ1) is 10.6. The van der Waals surface area contributed by atoms with Crippen LogP contribution in [0.2, 0.25) is 5.15 Å². The molecule has 0 amide bonds. The van der Waals surface area contributed by atoms with Gasteiger partial charge in [-0.3, -0.25) is 0 Å². The summed E-state index contributed by atoms with van der Waals surface area (Å²) in [6.45, 7) is 1.98. The summed E-state index contributed by atoms with van der Waals surface area (Å²) in [6, 6.07) is 16.7. The third-order valence-electron chi connectivity index (χ3n) is 3.37. The largest absolute Gasteiger partial charge is 0.478 e. The molecule has 110 valence electrons. The molecule has 0 unspecified atom stereocenters. The number of halogens is 1. The van der Waals surface area contributed by atoms with Gasteiger partial charge in [0.1, 0.15) is 16.4 Å². The van der Waals surface area contributed by atoms with Crippen LogP contribution in [0.4, 0.5) is 0 Å². The van der Waals surface area contributed by atoms with Gasteiger partial charge in [0, 0.05) is 5.56 Å². The van der Waals surface area contributed by atoms with Crippen LogP contribution < -0.4 is 0 Å². The number of carboxylic acids is 1. The van der Waals surface area contributed by atoms with Gasteiger partial charge in [0.15, 0.2) is 0 Å². The smallest absolute Gasteiger partial charge is 0.341 e. The fourth-order valence-electron chi connectivity index (χ4n) is 2.24. The summed E-state index contributed by atoms with van der Waals surface area (Å²) in [6.07, 6.45) is 0. The van der Waals surface area contributed by atoms with Gasteiger partial charge in [-0.15, -0.1) is 0 Å². The Morgan fingerprint density at radius 3 is 2.32 bits per heavy atom. The Morgan fingerprint density at radius 1 is 1.09 bits per heavy atom. The number of carbonyl (C=O) groups is 1. The minimum Gasteiger partial charge on any atom is -0.478 e. The number of benzene rings is 2. The van der Waals surface area contributed by atoms with Crippen molar-refractivity contribution in [1.29, 1.82) is 0 Å². The van der Waals surface area contributed by atoms with E-state index in [9.17, 15) is 9.90 Å². The molecule has 0 aliphatic carbocycles. The molecule has 0 radical (unpaired) electrons. The van der Waals surface area contributed by atoms with Crippen LogP contribution >= 0.6 is 11.6 Å². The van der Waals surface area contributed by atoms with E-state index in [0.717, 1.165) is 11.3 Å². The molecule has 0 fully saturated rings.